The number of hydrogen-bond acceptors (Lipinski definition) is 5. The Labute approximate surface area is 181 Å². The number of carbonyl (C=O) groups is 1. The van der Waals surface area contributed by atoms with Crippen molar-refractivity contribution in [3.8, 4) is 0 Å². The maximum Gasteiger partial charge on any atom is 0.329 e. The van der Waals surface area contributed by atoms with E-state index in [9.17, 15) is 14.4 Å². The zero-order valence-electron chi connectivity index (χ0n) is 16.9. The number of halogens is 2. The van der Waals surface area contributed by atoms with Crippen molar-refractivity contribution >= 4 is 41.8 Å². The molecule has 1 unspecified atom stereocenters. The second kappa shape index (κ2) is 10.8. The molecule has 0 aliphatic carbocycles. The van der Waals surface area contributed by atoms with Crippen LogP contribution in [0.15, 0.2) is 15.7 Å². The van der Waals surface area contributed by atoms with E-state index in [0.717, 1.165) is 25.9 Å². The van der Waals surface area contributed by atoms with E-state index in [1.54, 1.807) is 13.0 Å². The number of nitrogens with zero attached hydrogens (tertiary/aromatic N) is 2. The highest BCUT2D eigenvalue weighted by Crippen LogP contribution is 2.20. The van der Waals surface area contributed by atoms with Gasteiger partial charge in [0.05, 0.1) is 10.9 Å². The monoisotopic (exact) mass is 445 g/mol. The highest BCUT2D eigenvalue weighted by Gasteiger charge is 2.20. The van der Waals surface area contributed by atoms with Crippen molar-refractivity contribution in [2.24, 2.45) is 5.92 Å². The molecule has 0 radical (unpaired) electrons. The summed E-state index contributed by atoms with van der Waals surface area (Å²) in [6.07, 6.45) is 2.02. The second-order valence-corrected chi connectivity index (χ2v) is 7.35. The fourth-order valence-corrected chi connectivity index (χ4v) is 3.51. The number of pyridine rings is 1. The van der Waals surface area contributed by atoms with Gasteiger partial charge in [0.2, 0.25) is 0 Å². The number of aryl methyl sites for hydroxylation is 1. The third-order valence-corrected chi connectivity index (χ3v) is 5.12. The first-order chi connectivity index (χ1) is 12.9. The highest BCUT2D eigenvalue weighted by atomic mass is 35.5. The molecule has 162 valence electrons. The summed E-state index contributed by atoms with van der Waals surface area (Å²) in [5.74, 6) is 0.326. The standard InChI is InChI=1S/C19H27N5O3.2ClH/c1-4-24-16-15(18(26)23-19(24)27)13(9-14(22-16)11(2)3)17(25)21-8-6-12-5-7-20-10-12;;/h9,11-12,20H,4-8,10H2,1-3H3,(H,21,25)(H,23,26,27);2*1H. The Morgan fingerprint density at radius 2 is 2.07 bits per heavy atom. The average molecular weight is 446 g/mol. The first-order valence-corrected chi connectivity index (χ1v) is 9.59. The van der Waals surface area contributed by atoms with Crippen LogP contribution in [-0.2, 0) is 6.54 Å². The Hall–Kier alpha value is -1.90. The van der Waals surface area contributed by atoms with E-state index in [-0.39, 0.29) is 53.2 Å². The van der Waals surface area contributed by atoms with Crippen LogP contribution in [0.2, 0.25) is 0 Å². The Bertz CT molecular complexity index is 965. The molecule has 0 saturated carbocycles. The average Bonchev–Trinajstić information content (AvgIpc) is 3.14. The summed E-state index contributed by atoms with van der Waals surface area (Å²) in [6.45, 7) is 8.64. The summed E-state index contributed by atoms with van der Waals surface area (Å²) in [6, 6.07) is 1.67. The SMILES string of the molecule is CCn1c(=O)[nH]c(=O)c2c(C(=O)NCCC3CCNC3)cc(C(C)C)nc21.Cl.Cl. The maximum absolute atomic E-state index is 12.8. The lowest BCUT2D eigenvalue weighted by Crippen LogP contribution is -2.33. The molecular formula is C19H29Cl2N5O3. The minimum absolute atomic E-state index is 0. The van der Waals surface area contributed by atoms with Gasteiger partial charge in [-0.05, 0) is 50.8 Å². The molecule has 3 heterocycles. The first kappa shape index (κ1) is 25.1. The molecule has 1 saturated heterocycles. The van der Waals surface area contributed by atoms with Crippen LogP contribution in [-0.4, -0.2) is 40.1 Å². The topological polar surface area (TPSA) is 109 Å². The molecule has 0 aromatic carbocycles. The van der Waals surface area contributed by atoms with E-state index in [2.05, 4.69) is 20.6 Å². The van der Waals surface area contributed by atoms with E-state index in [0.29, 0.717) is 24.7 Å². The quantitative estimate of drug-likeness (QED) is 0.627. The molecule has 1 aliphatic heterocycles. The molecule has 1 atom stereocenters. The van der Waals surface area contributed by atoms with Gasteiger partial charge in [-0.15, -0.1) is 24.8 Å². The van der Waals surface area contributed by atoms with Crippen LogP contribution in [0.4, 0.5) is 0 Å². The van der Waals surface area contributed by atoms with Gasteiger partial charge in [-0.3, -0.25) is 19.1 Å². The van der Waals surface area contributed by atoms with Gasteiger partial charge in [0.1, 0.15) is 0 Å². The molecule has 1 amide bonds. The Morgan fingerprint density at radius 3 is 2.66 bits per heavy atom. The third-order valence-electron chi connectivity index (χ3n) is 5.12. The zero-order valence-corrected chi connectivity index (χ0v) is 18.5. The molecule has 1 fully saturated rings. The Balaban J connectivity index is 0.00000210. The Kier molecular flexibility index (Phi) is 9.32. The molecule has 10 heteroatoms. The molecule has 2 aromatic heterocycles. The lowest BCUT2D eigenvalue weighted by molar-refractivity contribution is 0.0953. The van der Waals surface area contributed by atoms with Gasteiger partial charge in [-0.1, -0.05) is 13.8 Å². The third kappa shape index (κ3) is 5.38. The van der Waals surface area contributed by atoms with E-state index in [4.69, 9.17) is 0 Å². The molecule has 29 heavy (non-hydrogen) atoms. The van der Waals surface area contributed by atoms with Crippen LogP contribution in [0.5, 0.6) is 0 Å². The van der Waals surface area contributed by atoms with Crippen molar-refractivity contribution in [1.29, 1.82) is 0 Å². The van der Waals surface area contributed by atoms with E-state index >= 15 is 0 Å². The molecule has 3 N–H and O–H groups in total. The van der Waals surface area contributed by atoms with Crippen LogP contribution in [0, 0.1) is 5.92 Å². The molecule has 8 nitrogen and oxygen atoms in total. The minimum Gasteiger partial charge on any atom is -0.352 e. The number of hydrogen-bond donors (Lipinski definition) is 3. The summed E-state index contributed by atoms with van der Waals surface area (Å²) in [5.41, 5.74) is 0.135. The second-order valence-electron chi connectivity index (χ2n) is 7.35. The molecule has 0 bridgehead atoms. The van der Waals surface area contributed by atoms with Crippen LogP contribution in [0.1, 0.15) is 55.6 Å². The predicted octanol–water partition coefficient (Wildman–Crippen LogP) is 1.80. The van der Waals surface area contributed by atoms with Gasteiger partial charge in [0, 0.05) is 18.8 Å². The van der Waals surface area contributed by atoms with Crippen molar-refractivity contribution in [2.45, 2.75) is 46.1 Å². The van der Waals surface area contributed by atoms with Crippen molar-refractivity contribution < 1.29 is 4.79 Å². The van der Waals surface area contributed by atoms with Crippen molar-refractivity contribution in [2.75, 3.05) is 19.6 Å². The van der Waals surface area contributed by atoms with E-state index in [1.807, 2.05) is 13.8 Å². The summed E-state index contributed by atoms with van der Waals surface area (Å²) >= 11 is 0. The van der Waals surface area contributed by atoms with Crippen molar-refractivity contribution in [3.63, 3.8) is 0 Å². The fourth-order valence-electron chi connectivity index (χ4n) is 3.51. The number of rotatable bonds is 6. The highest BCUT2D eigenvalue weighted by molar-refractivity contribution is 6.05. The Morgan fingerprint density at radius 1 is 1.34 bits per heavy atom. The summed E-state index contributed by atoms with van der Waals surface area (Å²) in [4.78, 5) is 44.2. The lowest BCUT2D eigenvalue weighted by Gasteiger charge is -2.14. The lowest BCUT2D eigenvalue weighted by atomic mass is 10.0. The number of aromatic amines is 1. The van der Waals surface area contributed by atoms with Crippen molar-refractivity contribution in [3.05, 3.63) is 38.2 Å². The molecular weight excluding hydrogens is 417 g/mol. The van der Waals surface area contributed by atoms with Crippen LogP contribution >= 0.6 is 24.8 Å². The largest absolute Gasteiger partial charge is 0.352 e. The summed E-state index contributed by atoms with van der Waals surface area (Å²) < 4.78 is 1.39. The van der Waals surface area contributed by atoms with Gasteiger partial charge in [0.15, 0.2) is 5.65 Å². The number of fused-ring (bicyclic) bond motifs is 1. The van der Waals surface area contributed by atoms with Gasteiger partial charge in [-0.2, -0.15) is 0 Å². The molecule has 0 spiro atoms. The number of carbonyl (C=O) groups excluding carboxylic acids is 1. The van der Waals surface area contributed by atoms with E-state index in [1.165, 1.54) is 4.57 Å². The zero-order chi connectivity index (χ0) is 19.6. The number of aromatic nitrogens is 3. The van der Waals surface area contributed by atoms with Crippen molar-refractivity contribution in [1.82, 2.24) is 25.2 Å². The van der Waals surface area contributed by atoms with E-state index < -0.39 is 11.2 Å². The normalized spacial score (nSPS) is 15.8. The fraction of sp³-hybridized carbons (Fsp3) is 0.579. The predicted molar refractivity (Wildman–Crippen MR) is 119 cm³/mol. The summed E-state index contributed by atoms with van der Waals surface area (Å²) in [7, 11) is 0. The molecule has 2 aromatic rings. The smallest absolute Gasteiger partial charge is 0.329 e. The van der Waals surface area contributed by atoms with Gasteiger partial charge in [0.25, 0.3) is 11.5 Å². The first-order valence-electron chi connectivity index (χ1n) is 9.59. The number of amides is 1. The maximum atomic E-state index is 12.8. The van der Waals surface area contributed by atoms with Gasteiger partial charge in [-0.25, -0.2) is 9.78 Å². The van der Waals surface area contributed by atoms with Gasteiger partial charge >= 0.3 is 5.69 Å². The van der Waals surface area contributed by atoms with Crippen LogP contribution in [0.25, 0.3) is 11.0 Å². The van der Waals surface area contributed by atoms with Crippen LogP contribution < -0.4 is 21.9 Å². The minimum atomic E-state index is -0.576. The number of H-pyrrole nitrogens is 1. The summed E-state index contributed by atoms with van der Waals surface area (Å²) in [5, 5.41) is 6.41. The van der Waals surface area contributed by atoms with Crippen LogP contribution in [0.3, 0.4) is 0 Å². The number of nitrogens with one attached hydrogen (secondary N) is 3. The molecule has 3 rings (SSSR count). The molecule has 1 aliphatic rings. The van der Waals surface area contributed by atoms with Gasteiger partial charge < -0.3 is 10.6 Å².